The van der Waals surface area contributed by atoms with E-state index < -0.39 is 7.60 Å². The third kappa shape index (κ3) is 3.28. The largest absolute Gasteiger partial charge is 0.456 e. The summed E-state index contributed by atoms with van der Waals surface area (Å²) in [4.78, 5) is 0. The molecule has 0 N–H and O–H groups in total. The third-order valence-electron chi connectivity index (χ3n) is 0.523. The van der Waals surface area contributed by atoms with E-state index in [1.54, 1.807) is 0 Å². The molecule has 0 saturated heterocycles. The molecule has 0 aromatic carbocycles. The maximum Gasteiger partial charge on any atom is 0.385 e. The Morgan fingerprint density at radius 3 is 2.14 bits per heavy atom. The van der Waals surface area contributed by atoms with Crippen molar-refractivity contribution in [3.63, 3.8) is 0 Å². The van der Waals surface area contributed by atoms with E-state index in [0.29, 0.717) is 0 Å². The van der Waals surface area contributed by atoms with E-state index in [1.165, 1.54) is 13.8 Å². The van der Waals surface area contributed by atoms with Crippen molar-refractivity contribution >= 4 is 24.2 Å². The van der Waals surface area contributed by atoms with Gasteiger partial charge < -0.3 is 8.10 Å². The van der Waals surface area contributed by atoms with Gasteiger partial charge >= 0.3 is 16.6 Å². The minimum atomic E-state index is -2.69. The third-order valence-corrected chi connectivity index (χ3v) is 2.72. The van der Waals surface area contributed by atoms with Crippen molar-refractivity contribution < 1.29 is 12.7 Å². The molecule has 2 radical (unpaired) electrons. The number of hydrogen-bond donors (Lipinski definition) is 0. The second kappa shape index (κ2) is 2.86. The van der Waals surface area contributed by atoms with Crippen LogP contribution >= 0.6 is 7.60 Å². The quantitative estimate of drug-likeness (QED) is 0.411. The first kappa shape index (κ1) is 7.68. The Balaban J connectivity index is 3.61. The Hall–Kier alpha value is 0.682. The summed E-state index contributed by atoms with van der Waals surface area (Å²) >= 11 is 1.88. The van der Waals surface area contributed by atoms with Crippen molar-refractivity contribution in [2.24, 2.45) is 0 Å². The topological polar surface area (TPSA) is 35.5 Å². The van der Waals surface area contributed by atoms with Crippen LogP contribution in [0.3, 0.4) is 0 Å². The van der Waals surface area contributed by atoms with Gasteiger partial charge in [0, 0.05) is 13.8 Å². The van der Waals surface area contributed by atoms with E-state index in [4.69, 9.17) is 0 Å². The van der Waals surface area contributed by atoms with Crippen LogP contribution in [0.15, 0.2) is 0 Å². The first-order chi connectivity index (χ1) is 3.12. The van der Waals surface area contributed by atoms with Gasteiger partial charge in [-0.25, -0.2) is 0 Å². The van der Waals surface area contributed by atoms with Gasteiger partial charge in [-0.3, -0.25) is 4.57 Å². The lowest BCUT2D eigenvalue weighted by atomic mass is 11.8. The molecule has 0 spiro atoms. The zero-order chi connectivity index (χ0) is 5.91. The second-order valence-corrected chi connectivity index (χ2v) is 3.81. The van der Waals surface area contributed by atoms with Crippen LogP contribution in [-0.2, 0) is 12.7 Å². The highest BCUT2D eigenvalue weighted by molar-refractivity contribution is 7.53. The van der Waals surface area contributed by atoms with Gasteiger partial charge in [0.15, 0.2) is 0 Å². The van der Waals surface area contributed by atoms with E-state index in [0.717, 1.165) is 0 Å². The predicted octanol–water partition coefficient (Wildman–Crippen LogP) is 0.556. The van der Waals surface area contributed by atoms with Crippen LogP contribution in [0.4, 0.5) is 0 Å². The van der Waals surface area contributed by atoms with Gasteiger partial charge in [0.2, 0.25) is 0 Å². The van der Waals surface area contributed by atoms with Crippen LogP contribution < -0.4 is 0 Å². The molecular formula is C2H6AlO3P. The molecule has 0 aliphatic heterocycles. The van der Waals surface area contributed by atoms with Crippen molar-refractivity contribution in [2.45, 2.75) is 0 Å². The summed E-state index contributed by atoms with van der Waals surface area (Å²) in [6.07, 6.45) is 0. The molecule has 0 aromatic rings. The van der Waals surface area contributed by atoms with Gasteiger partial charge in [-0.1, -0.05) is 0 Å². The fraction of sp³-hybridized carbons (Fsp3) is 1.00. The summed E-state index contributed by atoms with van der Waals surface area (Å²) in [6.45, 7) is 1.39. The Morgan fingerprint density at radius 1 is 1.71 bits per heavy atom. The standard InChI is InChI=1S/C2H7O3P.Al/c1-5-6(2,3)4;/h1-2H3,(H,3,4);/q;+1/p-1. The molecule has 0 aliphatic carbocycles. The Bertz CT molecular complexity index is 84.9. The first-order valence-corrected chi connectivity index (χ1v) is 4.10. The monoisotopic (exact) mass is 136 g/mol. The summed E-state index contributed by atoms with van der Waals surface area (Å²) in [5, 5.41) is 0. The Labute approximate surface area is 51.3 Å². The highest BCUT2D eigenvalue weighted by Crippen LogP contribution is 2.40. The van der Waals surface area contributed by atoms with Crippen LogP contribution in [0.25, 0.3) is 0 Å². The normalized spacial score (nSPS) is 18.6. The van der Waals surface area contributed by atoms with E-state index in [-0.39, 0.29) is 0 Å². The maximum atomic E-state index is 10.5. The van der Waals surface area contributed by atoms with Crippen molar-refractivity contribution in [2.75, 3.05) is 13.8 Å². The fourth-order valence-corrected chi connectivity index (χ4v) is 0.387. The van der Waals surface area contributed by atoms with Gasteiger partial charge in [-0.05, 0) is 0 Å². The van der Waals surface area contributed by atoms with E-state index >= 15 is 0 Å². The van der Waals surface area contributed by atoms with Gasteiger partial charge in [0.25, 0.3) is 7.60 Å². The molecule has 0 fully saturated rings. The summed E-state index contributed by atoms with van der Waals surface area (Å²) in [7, 11) is -1.35. The van der Waals surface area contributed by atoms with E-state index in [2.05, 4.69) is 8.10 Å². The minimum absolute atomic E-state index is 1.34. The minimum Gasteiger partial charge on any atom is -0.456 e. The summed E-state index contributed by atoms with van der Waals surface area (Å²) in [6, 6.07) is 0. The molecule has 1 unspecified atom stereocenters. The van der Waals surface area contributed by atoms with Crippen LogP contribution in [0.5, 0.6) is 0 Å². The SMILES string of the molecule is COP(C)(=O)[O][Al]. The molecule has 1 atom stereocenters. The lowest BCUT2D eigenvalue weighted by Gasteiger charge is -2.07. The van der Waals surface area contributed by atoms with Gasteiger partial charge in [-0.15, -0.1) is 0 Å². The van der Waals surface area contributed by atoms with Crippen molar-refractivity contribution in [1.29, 1.82) is 0 Å². The molecular weight excluding hydrogens is 130 g/mol. The first-order valence-electron chi connectivity index (χ1n) is 1.64. The van der Waals surface area contributed by atoms with Crippen molar-refractivity contribution in [1.82, 2.24) is 0 Å². The molecule has 7 heavy (non-hydrogen) atoms. The van der Waals surface area contributed by atoms with Crippen molar-refractivity contribution in [3.05, 3.63) is 0 Å². The van der Waals surface area contributed by atoms with Crippen LogP contribution in [0.1, 0.15) is 0 Å². The van der Waals surface area contributed by atoms with E-state index in [9.17, 15) is 4.57 Å². The average Bonchev–Trinajstić information content (AvgIpc) is 1.68. The van der Waals surface area contributed by atoms with Gasteiger partial charge in [0.1, 0.15) is 0 Å². The van der Waals surface area contributed by atoms with Crippen LogP contribution in [0, 0.1) is 0 Å². The zero-order valence-electron chi connectivity index (χ0n) is 4.25. The molecule has 0 bridgehead atoms. The highest BCUT2D eigenvalue weighted by atomic mass is 31.2. The van der Waals surface area contributed by atoms with E-state index in [1.807, 2.05) is 16.6 Å². The van der Waals surface area contributed by atoms with Gasteiger partial charge in [-0.2, -0.15) is 0 Å². The number of hydrogen-bond acceptors (Lipinski definition) is 3. The summed E-state index contributed by atoms with van der Waals surface area (Å²) < 4.78 is 19.2. The average molecular weight is 136 g/mol. The molecule has 3 nitrogen and oxygen atoms in total. The second-order valence-electron chi connectivity index (χ2n) is 1.06. The smallest absolute Gasteiger partial charge is 0.385 e. The molecule has 0 amide bonds. The summed E-state index contributed by atoms with van der Waals surface area (Å²) in [5.41, 5.74) is 0. The molecule has 5 heteroatoms. The molecule has 0 aliphatic rings. The molecule has 0 saturated carbocycles. The molecule has 0 aromatic heterocycles. The van der Waals surface area contributed by atoms with Crippen LogP contribution in [0.2, 0.25) is 0 Å². The molecule has 0 heterocycles. The van der Waals surface area contributed by atoms with Gasteiger partial charge in [0.05, 0.1) is 0 Å². The zero-order valence-corrected chi connectivity index (χ0v) is 6.30. The predicted molar refractivity (Wildman–Crippen MR) is 27.4 cm³/mol. The maximum absolute atomic E-state index is 10.5. The molecule has 0 rings (SSSR count). The summed E-state index contributed by atoms with van der Waals surface area (Å²) in [5.74, 6) is 0. The number of rotatable bonds is 2. The Morgan fingerprint density at radius 2 is 2.14 bits per heavy atom. The van der Waals surface area contributed by atoms with Crippen molar-refractivity contribution in [3.8, 4) is 0 Å². The fourth-order valence-electron chi connectivity index (χ4n) is 0.0430. The lowest BCUT2D eigenvalue weighted by Crippen LogP contribution is -1.83. The molecule has 40 valence electrons. The van der Waals surface area contributed by atoms with Crippen LogP contribution in [-0.4, -0.2) is 30.4 Å². The lowest BCUT2D eigenvalue weighted by molar-refractivity contribution is 0.337. The Kier molecular flexibility index (Phi) is 3.14. The highest BCUT2D eigenvalue weighted by Gasteiger charge is 2.06.